The Labute approximate surface area is 206 Å². The molecule has 1 aromatic heterocycles. The molecule has 0 aliphatic carbocycles. The lowest BCUT2D eigenvalue weighted by Crippen LogP contribution is -2.44. The Bertz CT molecular complexity index is 1190. The predicted molar refractivity (Wildman–Crippen MR) is 127 cm³/mol. The van der Waals surface area contributed by atoms with E-state index in [1.807, 2.05) is 0 Å². The first-order chi connectivity index (χ1) is 16.6. The lowest BCUT2D eigenvalue weighted by Gasteiger charge is -2.29. The van der Waals surface area contributed by atoms with Gasteiger partial charge in [0.05, 0.1) is 12.0 Å². The third-order valence-corrected chi connectivity index (χ3v) is 5.81. The fraction of sp³-hybridized carbons (Fsp3) is 0.333. The molecule has 3 rings (SSSR count). The molecule has 9 nitrogen and oxygen atoms in total. The maximum absolute atomic E-state index is 14.2. The van der Waals surface area contributed by atoms with Gasteiger partial charge in [0.1, 0.15) is 19.1 Å². The molecule has 0 fully saturated rings. The first kappa shape index (κ1) is 26.1. The van der Waals surface area contributed by atoms with Gasteiger partial charge >= 0.3 is 5.97 Å². The van der Waals surface area contributed by atoms with Crippen LogP contribution in [0.4, 0.5) is 4.39 Å². The summed E-state index contributed by atoms with van der Waals surface area (Å²) in [5, 5.41) is 20.5. The van der Waals surface area contributed by atoms with Crippen LogP contribution in [0.15, 0.2) is 48.7 Å². The number of hydrogen-bond donors (Lipinski definition) is 2. The summed E-state index contributed by atoms with van der Waals surface area (Å²) in [7, 11) is 2.80. The first-order valence-corrected chi connectivity index (χ1v) is 11.1. The average molecular weight is 505 g/mol. The molecule has 11 heteroatoms. The van der Waals surface area contributed by atoms with E-state index in [1.54, 1.807) is 37.3 Å². The summed E-state index contributed by atoms with van der Waals surface area (Å²) in [6.45, 7) is 1.52. The van der Waals surface area contributed by atoms with Crippen molar-refractivity contribution < 1.29 is 28.7 Å². The molecule has 0 radical (unpaired) electrons. The number of halogens is 2. The number of methoxy groups -OCH3 is 1. The van der Waals surface area contributed by atoms with Crippen LogP contribution in [0.3, 0.4) is 0 Å². The van der Waals surface area contributed by atoms with E-state index in [4.69, 9.17) is 21.2 Å². The van der Waals surface area contributed by atoms with Crippen LogP contribution in [0, 0.1) is 11.2 Å². The molecule has 2 atom stereocenters. The quantitative estimate of drug-likeness (QED) is 0.411. The number of nitrogens with zero attached hydrogens (tertiary/aromatic N) is 3. The maximum Gasteiger partial charge on any atom is 0.311 e. The molecule has 0 saturated carbocycles. The van der Waals surface area contributed by atoms with Crippen LogP contribution >= 0.6 is 11.6 Å². The summed E-state index contributed by atoms with van der Waals surface area (Å²) >= 11 is 6.01. The molecule has 0 unspecified atom stereocenters. The standard InChI is InChI=1S/C24H26ClFN4O5/c1-24(14-34-2,23(32)33)12-18(27-22(31)21-13-30(35-3)29-28-21)10-15-4-6-16(7-5-15)19-11-17(25)8-9-20(19)26/h4-9,11,13,18H,10,12,14H2,1-3H3,(H,27,31)(H,32,33)/t18-,24+/m1/s1. The second kappa shape index (κ2) is 11.3. The zero-order valence-corrected chi connectivity index (χ0v) is 20.3. The van der Waals surface area contributed by atoms with Crippen LogP contribution in [0.1, 0.15) is 29.4 Å². The molecule has 0 spiro atoms. The normalized spacial score (nSPS) is 13.6. The van der Waals surface area contributed by atoms with Gasteiger partial charge in [-0.25, -0.2) is 4.39 Å². The van der Waals surface area contributed by atoms with Crippen LogP contribution in [-0.2, 0) is 16.0 Å². The number of aromatic nitrogens is 3. The lowest BCUT2D eigenvalue weighted by atomic mass is 9.82. The van der Waals surface area contributed by atoms with Gasteiger partial charge < -0.3 is 20.0 Å². The Hall–Kier alpha value is -3.50. The summed E-state index contributed by atoms with van der Waals surface area (Å²) in [4.78, 5) is 30.7. The van der Waals surface area contributed by atoms with Gasteiger partial charge in [0, 0.05) is 23.7 Å². The number of rotatable bonds is 11. The summed E-state index contributed by atoms with van der Waals surface area (Å²) in [6.07, 6.45) is 1.71. The minimum Gasteiger partial charge on any atom is -0.481 e. The molecule has 0 aliphatic heterocycles. The highest BCUT2D eigenvalue weighted by Gasteiger charge is 2.37. The molecule has 35 heavy (non-hydrogen) atoms. The van der Waals surface area contributed by atoms with E-state index in [9.17, 15) is 19.1 Å². The minimum atomic E-state index is -1.25. The maximum atomic E-state index is 14.2. The van der Waals surface area contributed by atoms with Crippen LogP contribution in [0.25, 0.3) is 11.1 Å². The molecule has 1 amide bonds. The van der Waals surface area contributed by atoms with Crippen LogP contribution in [-0.4, -0.2) is 59.0 Å². The number of carbonyl (C=O) groups is 2. The largest absolute Gasteiger partial charge is 0.481 e. The SMILES string of the molecule is COC[C@](C)(C[C@@H](Cc1ccc(-c2cc(Cl)ccc2F)cc1)NC(=O)c1cn(OC)nn1)C(=O)O. The summed E-state index contributed by atoms with van der Waals surface area (Å²) < 4.78 is 19.4. The fourth-order valence-electron chi connectivity index (χ4n) is 3.77. The highest BCUT2D eigenvalue weighted by molar-refractivity contribution is 6.30. The van der Waals surface area contributed by atoms with Crippen molar-refractivity contribution in [2.24, 2.45) is 5.41 Å². The summed E-state index contributed by atoms with van der Waals surface area (Å²) in [6, 6.07) is 10.8. The van der Waals surface area contributed by atoms with Crippen molar-refractivity contribution in [2.45, 2.75) is 25.8 Å². The van der Waals surface area contributed by atoms with Crippen LogP contribution < -0.4 is 10.2 Å². The molecule has 0 bridgehead atoms. The molecule has 0 aliphatic rings. The predicted octanol–water partition coefficient (Wildman–Crippen LogP) is 3.26. The van der Waals surface area contributed by atoms with Gasteiger partial charge in [-0.2, -0.15) is 0 Å². The molecule has 3 aromatic rings. The number of benzene rings is 2. The lowest BCUT2D eigenvalue weighted by molar-refractivity contribution is -0.152. The smallest absolute Gasteiger partial charge is 0.311 e. The van der Waals surface area contributed by atoms with Gasteiger partial charge in [-0.3, -0.25) is 9.59 Å². The molecule has 2 N–H and O–H groups in total. The molecule has 2 aromatic carbocycles. The third-order valence-electron chi connectivity index (χ3n) is 5.58. The third kappa shape index (κ3) is 6.55. The van der Waals surface area contributed by atoms with Crippen molar-refractivity contribution >= 4 is 23.5 Å². The number of hydrogen-bond acceptors (Lipinski definition) is 6. The summed E-state index contributed by atoms with van der Waals surface area (Å²) in [5.74, 6) is -1.97. The first-order valence-electron chi connectivity index (χ1n) is 10.7. The summed E-state index contributed by atoms with van der Waals surface area (Å²) in [5.41, 5.74) is 0.592. The fourth-order valence-corrected chi connectivity index (χ4v) is 3.94. The molecule has 0 saturated heterocycles. The molecule has 186 valence electrons. The van der Waals surface area contributed by atoms with Crippen molar-refractivity contribution in [3.8, 4) is 11.1 Å². The van der Waals surface area contributed by atoms with E-state index in [0.29, 0.717) is 22.6 Å². The van der Waals surface area contributed by atoms with Gasteiger partial charge in [0.15, 0.2) is 5.69 Å². The van der Waals surface area contributed by atoms with Crippen LogP contribution in [0.5, 0.6) is 0 Å². The van der Waals surface area contributed by atoms with Crippen molar-refractivity contribution in [1.29, 1.82) is 0 Å². The van der Waals surface area contributed by atoms with Crippen LogP contribution in [0.2, 0.25) is 5.02 Å². The van der Waals surface area contributed by atoms with E-state index in [0.717, 1.165) is 10.4 Å². The Morgan fingerprint density at radius 3 is 2.54 bits per heavy atom. The van der Waals surface area contributed by atoms with E-state index < -0.39 is 29.2 Å². The second-order valence-electron chi connectivity index (χ2n) is 8.39. The van der Waals surface area contributed by atoms with Crippen molar-refractivity contribution in [3.05, 3.63) is 70.8 Å². The highest BCUT2D eigenvalue weighted by Crippen LogP contribution is 2.28. The van der Waals surface area contributed by atoms with Gasteiger partial charge in [0.2, 0.25) is 0 Å². The van der Waals surface area contributed by atoms with Gasteiger partial charge in [-0.15, -0.1) is 5.10 Å². The number of nitrogens with one attached hydrogen (secondary N) is 1. The number of carboxylic acids is 1. The Balaban J connectivity index is 1.84. The zero-order valence-electron chi connectivity index (χ0n) is 19.5. The highest BCUT2D eigenvalue weighted by atomic mass is 35.5. The Kier molecular flexibility index (Phi) is 8.42. The monoisotopic (exact) mass is 504 g/mol. The second-order valence-corrected chi connectivity index (χ2v) is 8.82. The van der Waals surface area contributed by atoms with E-state index >= 15 is 0 Å². The molecular weight excluding hydrogens is 479 g/mol. The van der Waals surface area contributed by atoms with Gasteiger partial charge in [0.25, 0.3) is 5.91 Å². The Morgan fingerprint density at radius 2 is 1.94 bits per heavy atom. The van der Waals surface area contributed by atoms with Gasteiger partial charge in [-0.05, 0) is 54.3 Å². The van der Waals surface area contributed by atoms with Gasteiger partial charge in [-0.1, -0.05) is 40.7 Å². The van der Waals surface area contributed by atoms with E-state index in [1.165, 1.54) is 32.5 Å². The number of carboxylic acid groups (broad SMARTS) is 1. The molecular formula is C24H26ClFN4O5. The topological polar surface area (TPSA) is 116 Å². The Morgan fingerprint density at radius 1 is 1.23 bits per heavy atom. The van der Waals surface area contributed by atoms with Crippen molar-refractivity contribution in [3.63, 3.8) is 0 Å². The minimum absolute atomic E-state index is 0.0207. The number of aliphatic carboxylic acids is 1. The number of ether oxygens (including phenoxy) is 1. The molecule has 1 heterocycles. The van der Waals surface area contributed by atoms with E-state index in [-0.39, 0.29) is 18.7 Å². The number of amides is 1. The van der Waals surface area contributed by atoms with E-state index in [2.05, 4.69) is 15.6 Å². The number of carbonyl (C=O) groups excluding carboxylic acids is 1. The van der Waals surface area contributed by atoms with Crippen molar-refractivity contribution in [1.82, 2.24) is 20.5 Å². The van der Waals surface area contributed by atoms with Crippen molar-refractivity contribution in [2.75, 3.05) is 20.8 Å². The average Bonchev–Trinajstić information content (AvgIpc) is 3.31. The zero-order chi connectivity index (χ0) is 25.6.